The van der Waals surface area contributed by atoms with Gasteiger partial charge >= 0.3 is 0 Å². The summed E-state index contributed by atoms with van der Waals surface area (Å²) in [5.74, 6) is 0.626. The average molecular weight is 439 g/mol. The summed E-state index contributed by atoms with van der Waals surface area (Å²) in [6.07, 6.45) is 0.995. The molecule has 0 atom stereocenters. The van der Waals surface area contributed by atoms with E-state index in [0.29, 0.717) is 53.8 Å². The van der Waals surface area contributed by atoms with Gasteiger partial charge in [-0.15, -0.1) is 10.2 Å². The second-order valence-electron chi connectivity index (χ2n) is 7.48. The van der Waals surface area contributed by atoms with Gasteiger partial charge in [0, 0.05) is 24.3 Å². The normalized spacial score (nSPS) is 15.0. The van der Waals surface area contributed by atoms with Crippen LogP contribution in [0.25, 0.3) is 11.3 Å². The van der Waals surface area contributed by atoms with Crippen LogP contribution in [-0.2, 0) is 21.2 Å². The van der Waals surface area contributed by atoms with E-state index in [1.807, 2.05) is 36.4 Å². The zero-order chi connectivity index (χ0) is 21.8. The van der Waals surface area contributed by atoms with E-state index in [-0.39, 0.29) is 0 Å². The summed E-state index contributed by atoms with van der Waals surface area (Å²) < 4.78 is 33.0. The lowest BCUT2D eigenvalue weighted by Crippen LogP contribution is -2.40. The van der Waals surface area contributed by atoms with E-state index in [1.165, 1.54) is 9.87 Å². The minimum atomic E-state index is -3.59. The third-order valence-electron chi connectivity index (χ3n) is 5.37. The predicted octanol–water partition coefficient (Wildman–Crippen LogP) is 3.78. The number of ether oxygens (including phenoxy) is 1. The monoisotopic (exact) mass is 438 g/mol. The fourth-order valence-electron chi connectivity index (χ4n) is 3.49. The molecule has 8 heteroatoms. The van der Waals surface area contributed by atoms with Crippen LogP contribution in [0.15, 0.2) is 59.5 Å². The van der Waals surface area contributed by atoms with Crippen LogP contribution in [-0.4, -0.2) is 49.2 Å². The molecule has 7 nitrogen and oxygen atoms in total. The number of aromatic nitrogens is 2. The fraction of sp³-hybridized carbons (Fsp3) is 0.304. The molecule has 0 saturated carbocycles. The molecule has 1 N–H and O–H groups in total. The van der Waals surface area contributed by atoms with Crippen LogP contribution < -0.4 is 5.32 Å². The Bertz CT molecular complexity index is 1140. The highest BCUT2D eigenvalue weighted by Gasteiger charge is 2.28. The van der Waals surface area contributed by atoms with Gasteiger partial charge in [0.25, 0.3) is 0 Å². The Morgan fingerprint density at radius 3 is 2.39 bits per heavy atom. The van der Waals surface area contributed by atoms with Crippen LogP contribution >= 0.6 is 0 Å². The number of nitrogens with zero attached hydrogens (tertiary/aromatic N) is 3. The lowest BCUT2D eigenvalue weighted by molar-refractivity contribution is 0.0730. The number of hydrogen-bond acceptors (Lipinski definition) is 6. The number of rotatable bonds is 6. The molecule has 162 valence electrons. The third kappa shape index (κ3) is 4.76. The summed E-state index contributed by atoms with van der Waals surface area (Å²) in [7, 11) is -3.59. The van der Waals surface area contributed by atoms with Crippen LogP contribution in [0, 0.1) is 6.92 Å². The molecule has 0 bridgehead atoms. The highest BCUT2D eigenvalue weighted by Crippen LogP contribution is 2.27. The van der Waals surface area contributed by atoms with Crippen molar-refractivity contribution in [2.75, 3.05) is 31.6 Å². The Kier molecular flexibility index (Phi) is 6.31. The van der Waals surface area contributed by atoms with Gasteiger partial charge in [0.2, 0.25) is 10.0 Å². The first-order valence-corrected chi connectivity index (χ1v) is 11.8. The molecule has 1 aliphatic rings. The molecule has 2 heterocycles. The van der Waals surface area contributed by atoms with Crippen LogP contribution in [0.3, 0.4) is 0 Å². The largest absolute Gasteiger partial charge is 0.379 e. The molecule has 0 radical (unpaired) electrons. The zero-order valence-corrected chi connectivity index (χ0v) is 18.5. The minimum absolute atomic E-state index is 0.298. The summed E-state index contributed by atoms with van der Waals surface area (Å²) >= 11 is 0. The number of morpholine rings is 1. The summed E-state index contributed by atoms with van der Waals surface area (Å²) in [6.45, 7) is 5.49. The Morgan fingerprint density at radius 1 is 1.00 bits per heavy atom. The van der Waals surface area contributed by atoms with E-state index in [9.17, 15) is 8.42 Å². The Hall–Kier alpha value is -2.81. The van der Waals surface area contributed by atoms with E-state index in [4.69, 9.17) is 4.74 Å². The van der Waals surface area contributed by atoms with E-state index in [2.05, 4.69) is 34.6 Å². The van der Waals surface area contributed by atoms with Crippen molar-refractivity contribution in [3.8, 4) is 11.3 Å². The maximum atomic E-state index is 13.1. The van der Waals surface area contributed by atoms with Crippen molar-refractivity contribution < 1.29 is 13.2 Å². The second-order valence-corrected chi connectivity index (χ2v) is 9.38. The number of nitrogens with one attached hydrogen (secondary N) is 1. The van der Waals surface area contributed by atoms with Crippen molar-refractivity contribution in [3.05, 3.63) is 65.7 Å². The fourth-order valence-corrected chi connectivity index (χ4v) is 5.15. The van der Waals surface area contributed by atoms with E-state index < -0.39 is 10.0 Å². The van der Waals surface area contributed by atoms with Crippen molar-refractivity contribution in [1.82, 2.24) is 14.5 Å². The number of anilines is 2. The van der Waals surface area contributed by atoms with Crippen molar-refractivity contribution in [3.63, 3.8) is 0 Å². The molecule has 1 fully saturated rings. The van der Waals surface area contributed by atoms with Gasteiger partial charge < -0.3 is 10.1 Å². The van der Waals surface area contributed by atoms with Crippen LogP contribution in [0.1, 0.15) is 18.1 Å². The van der Waals surface area contributed by atoms with Gasteiger partial charge in [-0.3, -0.25) is 0 Å². The van der Waals surface area contributed by atoms with E-state index in [1.54, 1.807) is 13.0 Å². The van der Waals surface area contributed by atoms with Gasteiger partial charge in [0.1, 0.15) is 0 Å². The minimum Gasteiger partial charge on any atom is -0.379 e. The van der Waals surface area contributed by atoms with Crippen LogP contribution in [0.4, 0.5) is 11.5 Å². The van der Waals surface area contributed by atoms with Crippen molar-refractivity contribution >= 4 is 21.5 Å². The van der Waals surface area contributed by atoms with Gasteiger partial charge in [-0.2, -0.15) is 4.31 Å². The lowest BCUT2D eigenvalue weighted by atomic mass is 10.1. The first kappa shape index (κ1) is 21.4. The molecule has 0 spiro atoms. The van der Waals surface area contributed by atoms with Gasteiger partial charge in [-0.25, -0.2) is 8.42 Å². The Morgan fingerprint density at radius 2 is 1.74 bits per heavy atom. The number of aryl methyl sites for hydroxylation is 2. The first-order valence-electron chi connectivity index (χ1n) is 10.4. The molecule has 31 heavy (non-hydrogen) atoms. The molecule has 1 aliphatic heterocycles. The molecule has 0 unspecified atom stereocenters. The third-order valence-corrected chi connectivity index (χ3v) is 7.41. The summed E-state index contributed by atoms with van der Waals surface area (Å²) in [4.78, 5) is 0.298. The average Bonchev–Trinajstić information content (AvgIpc) is 2.81. The van der Waals surface area contributed by atoms with Gasteiger partial charge in [-0.1, -0.05) is 31.2 Å². The van der Waals surface area contributed by atoms with Gasteiger partial charge in [0.05, 0.1) is 23.8 Å². The topological polar surface area (TPSA) is 84.4 Å². The molecular formula is C23H26N4O3S. The smallest absolute Gasteiger partial charge is 0.243 e. The molecule has 3 aromatic rings. The van der Waals surface area contributed by atoms with Gasteiger partial charge in [0.15, 0.2) is 5.82 Å². The van der Waals surface area contributed by atoms with Gasteiger partial charge in [-0.05, 0) is 54.8 Å². The Balaban J connectivity index is 1.56. The highest BCUT2D eigenvalue weighted by molar-refractivity contribution is 7.89. The molecule has 1 saturated heterocycles. The van der Waals surface area contributed by atoms with Crippen molar-refractivity contribution in [2.45, 2.75) is 25.2 Å². The lowest BCUT2D eigenvalue weighted by Gasteiger charge is -2.26. The van der Waals surface area contributed by atoms with E-state index in [0.717, 1.165) is 12.1 Å². The highest BCUT2D eigenvalue weighted by atomic mass is 32.2. The summed E-state index contributed by atoms with van der Waals surface area (Å²) in [6, 6.07) is 17.2. The summed E-state index contributed by atoms with van der Waals surface area (Å²) in [5, 5.41) is 11.8. The van der Waals surface area contributed by atoms with Crippen molar-refractivity contribution in [2.24, 2.45) is 0 Å². The van der Waals surface area contributed by atoms with Crippen molar-refractivity contribution in [1.29, 1.82) is 0 Å². The molecule has 1 aromatic heterocycles. The molecular weight excluding hydrogens is 412 g/mol. The number of benzene rings is 2. The quantitative estimate of drug-likeness (QED) is 0.631. The Labute approximate surface area is 183 Å². The zero-order valence-electron chi connectivity index (χ0n) is 17.7. The number of hydrogen-bond donors (Lipinski definition) is 1. The van der Waals surface area contributed by atoms with Crippen LogP contribution in [0.2, 0.25) is 0 Å². The van der Waals surface area contributed by atoms with Crippen LogP contribution in [0.5, 0.6) is 0 Å². The number of sulfonamides is 1. The maximum absolute atomic E-state index is 13.1. The predicted molar refractivity (Wildman–Crippen MR) is 121 cm³/mol. The standard InChI is InChI=1S/C23H26N4O3S/c1-3-18-5-8-20(9-6-18)24-23-11-10-21(25-26-23)19-7-4-17(2)22(16-19)31(28,29)27-12-14-30-15-13-27/h4-11,16H,3,12-15H2,1-2H3,(H,24,26). The second kappa shape index (κ2) is 9.13. The van der Waals surface area contributed by atoms with E-state index >= 15 is 0 Å². The molecule has 0 amide bonds. The molecule has 4 rings (SSSR count). The molecule has 0 aliphatic carbocycles. The molecule has 2 aromatic carbocycles. The SMILES string of the molecule is CCc1ccc(Nc2ccc(-c3ccc(C)c(S(=O)(=O)N4CCOCC4)c3)nn2)cc1. The summed E-state index contributed by atoms with van der Waals surface area (Å²) in [5.41, 5.74) is 4.24. The first-order chi connectivity index (χ1) is 15.0. The maximum Gasteiger partial charge on any atom is 0.243 e.